The number of hydrogen-bond acceptors (Lipinski definition) is 6. The van der Waals surface area contributed by atoms with Crippen molar-refractivity contribution in [2.75, 3.05) is 44.8 Å². The SMILES string of the molecule is CCOc1ccc(C2Nc3ccc(C(=O)N4CCOCC4)cc3C3C2CCN3C(=O)OC(C)(C)C)cc1. The molecule has 0 saturated carbocycles. The third kappa shape index (κ3) is 5.25. The highest BCUT2D eigenvalue weighted by molar-refractivity contribution is 5.95. The molecule has 3 heterocycles. The summed E-state index contributed by atoms with van der Waals surface area (Å²) >= 11 is 0. The lowest BCUT2D eigenvalue weighted by molar-refractivity contribution is 0.0198. The molecule has 8 heteroatoms. The zero-order valence-corrected chi connectivity index (χ0v) is 22.2. The van der Waals surface area contributed by atoms with E-state index in [4.69, 9.17) is 14.2 Å². The van der Waals surface area contributed by atoms with Crippen LogP contribution < -0.4 is 10.1 Å². The molecule has 3 aliphatic heterocycles. The van der Waals surface area contributed by atoms with E-state index >= 15 is 0 Å². The van der Waals surface area contributed by atoms with Crippen LogP contribution in [0.1, 0.15) is 67.7 Å². The number of nitrogens with one attached hydrogen (secondary N) is 1. The second kappa shape index (κ2) is 10.2. The molecule has 3 unspecified atom stereocenters. The largest absolute Gasteiger partial charge is 0.494 e. The molecule has 2 amide bonds. The number of amides is 2. The van der Waals surface area contributed by atoms with Crippen LogP contribution in [0.2, 0.25) is 0 Å². The van der Waals surface area contributed by atoms with Gasteiger partial charge in [0.05, 0.1) is 31.9 Å². The van der Waals surface area contributed by atoms with Crippen LogP contribution in [0, 0.1) is 5.92 Å². The molecule has 0 radical (unpaired) electrons. The number of rotatable bonds is 4. The zero-order chi connectivity index (χ0) is 26.2. The minimum Gasteiger partial charge on any atom is -0.494 e. The first-order valence-electron chi connectivity index (χ1n) is 13.2. The lowest BCUT2D eigenvalue weighted by Crippen LogP contribution is -2.41. The fourth-order valence-electron chi connectivity index (χ4n) is 5.65. The summed E-state index contributed by atoms with van der Waals surface area (Å²) in [5.74, 6) is 0.969. The molecule has 2 fully saturated rings. The van der Waals surface area contributed by atoms with Gasteiger partial charge >= 0.3 is 6.09 Å². The van der Waals surface area contributed by atoms with Crippen molar-refractivity contribution in [2.24, 2.45) is 5.92 Å². The van der Waals surface area contributed by atoms with Gasteiger partial charge in [0.25, 0.3) is 5.91 Å². The van der Waals surface area contributed by atoms with Crippen molar-refractivity contribution in [3.05, 3.63) is 59.2 Å². The topological polar surface area (TPSA) is 80.3 Å². The maximum Gasteiger partial charge on any atom is 0.410 e. The number of ether oxygens (including phenoxy) is 3. The normalized spacial score (nSPS) is 23.1. The zero-order valence-electron chi connectivity index (χ0n) is 22.2. The average Bonchev–Trinajstić information content (AvgIpc) is 3.34. The van der Waals surface area contributed by atoms with E-state index in [9.17, 15) is 9.59 Å². The Morgan fingerprint density at radius 2 is 1.78 bits per heavy atom. The molecular formula is C29H37N3O5. The maximum atomic E-state index is 13.3. The van der Waals surface area contributed by atoms with Crippen LogP contribution in [0.4, 0.5) is 10.5 Å². The highest BCUT2D eigenvalue weighted by Gasteiger charge is 2.47. The second-order valence-electron chi connectivity index (χ2n) is 10.9. The Labute approximate surface area is 218 Å². The molecule has 3 atom stereocenters. The number of likely N-dealkylation sites (tertiary alicyclic amines) is 1. The van der Waals surface area contributed by atoms with Gasteiger partial charge in [0.2, 0.25) is 0 Å². The van der Waals surface area contributed by atoms with Gasteiger partial charge < -0.3 is 29.3 Å². The van der Waals surface area contributed by atoms with Crippen molar-refractivity contribution >= 4 is 17.7 Å². The Kier molecular flexibility index (Phi) is 7.03. The van der Waals surface area contributed by atoms with Crippen LogP contribution in [-0.4, -0.2) is 66.9 Å². The van der Waals surface area contributed by atoms with Crippen LogP contribution in [0.15, 0.2) is 42.5 Å². The van der Waals surface area contributed by atoms with Gasteiger partial charge in [-0.15, -0.1) is 0 Å². The predicted molar refractivity (Wildman–Crippen MR) is 141 cm³/mol. The third-order valence-electron chi connectivity index (χ3n) is 7.28. The summed E-state index contributed by atoms with van der Waals surface area (Å²) in [6, 6.07) is 13.8. The van der Waals surface area contributed by atoms with Crippen LogP contribution in [-0.2, 0) is 9.47 Å². The van der Waals surface area contributed by atoms with E-state index in [1.807, 2.05) is 67.8 Å². The minimum absolute atomic E-state index is 0.00176. The van der Waals surface area contributed by atoms with Crippen LogP contribution >= 0.6 is 0 Å². The number of carbonyl (C=O) groups is 2. The molecule has 3 aliphatic rings. The number of hydrogen-bond donors (Lipinski definition) is 1. The molecule has 198 valence electrons. The summed E-state index contributed by atoms with van der Waals surface area (Å²) in [6.07, 6.45) is 0.513. The van der Waals surface area contributed by atoms with Crippen molar-refractivity contribution < 1.29 is 23.8 Å². The van der Waals surface area contributed by atoms with Gasteiger partial charge in [-0.05, 0) is 75.6 Å². The van der Waals surface area contributed by atoms with E-state index in [0.717, 1.165) is 29.0 Å². The van der Waals surface area contributed by atoms with Crippen LogP contribution in [0.3, 0.4) is 0 Å². The lowest BCUT2D eigenvalue weighted by atomic mass is 9.79. The molecule has 37 heavy (non-hydrogen) atoms. The van der Waals surface area contributed by atoms with Gasteiger partial charge in [0, 0.05) is 36.8 Å². The number of carbonyl (C=O) groups excluding carboxylic acids is 2. The van der Waals surface area contributed by atoms with Gasteiger partial charge in [0.15, 0.2) is 0 Å². The van der Waals surface area contributed by atoms with E-state index < -0.39 is 5.60 Å². The minimum atomic E-state index is -0.590. The first-order valence-corrected chi connectivity index (χ1v) is 13.2. The van der Waals surface area contributed by atoms with Gasteiger partial charge in [-0.25, -0.2) is 4.79 Å². The monoisotopic (exact) mass is 507 g/mol. The lowest BCUT2D eigenvalue weighted by Gasteiger charge is -2.40. The fraction of sp³-hybridized carbons (Fsp3) is 0.517. The van der Waals surface area contributed by atoms with Crippen molar-refractivity contribution in [1.29, 1.82) is 0 Å². The summed E-state index contributed by atoms with van der Waals surface area (Å²) in [6.45, 7) is 11.1. The molecule has 1 N–H and O–H groups in total. The Morgan fingerprint density at radius 1 is 1.05 bits per heavy atom. The Morgan fingerprint density at radius 3 is 2.46 bits per heavy atom. The number of benzene rings is 2. The summed E-state index contributed by atoms with van der Waals surface area (Å²) < 4.78 is 16.9. The molecular weight excluding hydrogens is 470 g/mol. The predicted octanol–water partition coefficient (Wildman–Crippen LogP) is 5.02. The van der Waals surface area contributed by atoms with Gasteiger partial charge in [-0.2, -0.15) is 0 Å². The van der Waals surface area contributed by atoms with Gasteiger partial charge in [-0.1, -0.05) is 12.1 Å². The first-order chi connectivity index (χ1) is 17.7. The average molecular weight is 508 g/mol. The number of fused-ring (bicyclic) bond motifs is 3. The van der Waals surface area contributed by atoms with E-state index in [1.54, 1.807) is 0 Å². The molecule has 8 nitrogen and oxygen atoms in total. The van der Waals surface area contributed by atoms with E-state index in [-0.39, 0.29) is 30.0 Å². The number of nitrogens with zero attached hydrogens (tertiary/aromatic N) is 2. The third-order valence-corrected chi connectivity index (χ3v) is 7.28. The highest BCUT2D eigenvalue weighted by atomic mass is 16.6. The first kappa shape index (κ1) is 25.4. The molecule has 0 aliphatic carbocycles. The highest BCUT2D eigenvalue weighted by Crippen LogP contribution is 2.51. The van der Waals surface area contributed by atoms with Crippen LogP contribution in [0.25, 0.3) is 0 Å². The molecule has 0 aromatic heterocycles. The number of morpholine rings is 1. The van der Waals surface area contributed by atoms with E-state index in [0.29, 0.717) is 45.0 Å². The van der Waals surface area contributed by atoms with Crippen molar-refractivity contribution in [3.8, 4) is 5.75 Å². The maximum absolute atomic E-state index is 13.3. The smallest absolute Gasteiger partial charge is 0.410 e. The van der Waals surface area contributed by atoms with Gasteiger partial charge in [-0.3, -0.25) is 4.79 Å². The number of anilines is 1. The van der Waals surface area contributed by atoms with Gasteiger partial charge in [0.1, 0.15) is 11.4 Å². The van der Waals surface area contributed by atoms with Crippen molar-refractivity contribution in [3.63, 3.8) is 0 Å². The van der Waals surface area contributed by atoms with E-state index in [2.05, 4.69) is 17.4 Å². The summed E-state index contributed by atoms with van der Waals surface area (Å²) in [7, 11) is 0. The molecule has 0 spiro atoms. The molecule has 2 saturated heterocycles. The Hall–Kier alpha value is -3.26. The summed E-state index contributed by atoms with van der Waals surface area (Å²) in [5.41, 5.74) is 3.09. The second-order valence-corrected chi connectivity index (χ2v) is 10.9. The molecule has 0 bridgehead atoms. The standard InChI is InChI=1S/C29H37N3O5/c1-5-36-21-9-6-19(7-10-21)25-22-12-13-32(28(34)37-29(2,3)4)26(22)23-18-20(8-11-24(23)30-25)27(33)31-14-16-35-17-15-31/h6-11,18,22,25-26,30H,5,12-17H2,1-4H3. The molecule has 5 rings (SSSR count). The summed E-state index contributed by atoms with van der Waals surface area (Å²) in [4.78, 5) is 30.3. The fourth-order valence-corrected chi connectivity index (χ4v) is 5.65. The Bertz CT molecular complexity index is 1140. The molecule has 2 aromatic carbocycles. The molecule has 2 aromatic rings. The Balaban J connectivity index is 1.50. The van der Waals surface area contributed by atoms with Crippen LogP contribution in [0.5, 0.6) is 5.75 Å². The van der Waals surface area contributed by atoms with Crippen molar-refractivity contribution in [1.82, 2.24) is 9.80 Å². The van der Waals surface area contributed by atoms with E-state index in [1.165, 1.54) is 0 Å². The summed E-state index contributed by atoms with van der Waals surface area (Å²) in [5, 5.41) is 3.73. The quantitative estimate of drug-likeness (QED) is 0.626. The van der Waals surface area contributed by atoms with Crippen molar-refractivity contribution in [2.45, 2.75) is 51.8 Å².